The third kappa shape index (κ3) is 7.56. The van der Waals surface area contributed by atoms with Crippen LogP contribution < -0.4 is 0 Å². The molecule has 0 aliphatic carbocycles. The van der Waals surface area contributed by atoms with E-state index >= 15 is 0 Å². The van der Waals surface area contributed by atoms with Crippen molar-refractivity contribution in [3.05, 3.63) is 42.0 Å². The molecule has 1 rings (SSSR count). The van der Waals surface area contributed by atoms with Crippen LogP contribution in [0.15, 0.2) is 36.4 Å². The second-order valence-electron chi connectivity index (χ2n) is 4.28. The maximum absolute atomic E-state index is 11.4. The molecule has 0 saturated heterocycles. The number of benzene rings is 1. The second kappa shape index (κ2) is 10.5. The van der Waals surface area contributed by atoms with E-state index in [0.717, 1.165) is 5.56 Å². The molecular formula is C16H20O6. The fraction of sp³-hybridized carbons (Fsp3) is 0.375. The minimum absolute atomic E-state index is 0.115. The van der Waals surface area contributed by atoms with Crippen molar-refractivity contribution in [3.63, 3.8) is 0 Å². The molecule has 22 heavy (non-hydrogen) atoms. The number of methoxy groups -OCH3 is 2. The lowest BCUT2D eigenvalue weighted by Crippen LogP contribution is -2.17. The van der Waals surface area contributed by atoms with Crippen LogP contribution in [0.5, 0.6) is 0 Å². The number of ether oxygens (including phenoxy) is 4. The first-order valence-corrected chi connectivity index (χ1v) is 6.76. The fourth-order valence-electron chi connectivity index (χ4n) is 1.57. The molecule has 0 saturated carbocycles. The van der Waals surface area contributed by atoms with Gasteiger partial charge in [0.2, 0.25) is 6.79 Å². The van der Waals surface area contributed by atoms with Crippen LogP contribution in [0.2, 0.25) is 0 Å². The summed E-state index contributed by atoms with van der Waals surface area (Å²) >= 11 is 0. The Kier molecular flexibility index (Phi) is 8.56. The third-order valence-corrected chi connectivity index (χ3v) is 2.74. The normalized spacial score (nSPS) is 10.9. The third-order valence-electron chi connectivity index (χ3n) is 2.74. The van der Waals surface area contributed by atoms with Gasteiger partial charge in [-0.25, -0.2) is 4.79 Å². The van der Waals surface area contributed by atoms with Crippen molar-refractivity contribution < 1.29 is 28.5 Å². The van der Waals surface area contributed by atoms with E-state index in [9.17, 15) is 9.59 Å². The summed E-state index contributed by atoms with van der Waals surface area (Å²) in [6.07, 6.45) is 2.92. The van der Waals surface area contributed by atoms with Crippen molar-refractivity contribution in [1.29, 1.82) is 0 Å². The smallest absolute Gasteiger partial charge is 0.333 e. The van der Waals surface area contributed by atoms with Gasteiger partial charge in [-0.1, -0.05) is 30.3 Å². The molecule has 0 N–H and O–H groups in total. The lowest BCUT2D eigenvalue weighted by atomic mass is 10.2. The molecular weight excluding hydrogens is 288 g/mol. The average Bonchev–Trinajstić information content (AvgIpc) is 2.55. The summed E-state index contributed by atoms with van der Waals surface area (Å²) < 4.78 is 19.4. The lowest BCUT2D eigenvalue weighted by Gasteiger charge is -2.12. The van der Waals surface area contributed by atoms with E-state index in [1.807, 2.05) is 30.3 Å². The van der Waals surface area contributed by atoms with Crippen molar-refractivity contribution in [1.82, 2.24) is 0 Å². The lowest BCUT2D eigenvalue weighted by molar-refractivity contribution is -0.166. The summed E-state index contributed by atoms with van der Waals surface area (Å²) in [5.74, 6) is -1.07. The van der Waals surface area contributed by atoms with Gasteiger partial charge in [0.25, 0.3) is 0 Å². The summed E-state index contributed by atoms with van der Waals surface area (Å²) in [5, 5.41) is 0. The Labute approximate surface area is 129 Å². The quantitative estimate of drug-likeness (QED) is 0.395. The maximum Gasteiger partial charge on any atom is 0.333 e. The molecule has 0 aliphatic rings. The summed E-state index contributed by atoms with van der Waals surface area (Å²) in [4.78, 5) is 22.8. The van der Waals surface area contributed by atoms with Gasteiger partial charge in [0.05, 0.1) is 6.42 Å². The molecule has 0 atom stereocenters. The zero-order valence-corrected chi connectivity index (χ0v) is 12.7. The number of hydrogen-bond acceptors (Lipinski definition) is 6. The molecule has 1 aromatic carbocycles. The first-order chi connectivity index (χ1) is 10.7. The Morgan fingerprint density at radius 2 is 1.77 bits per heavy atom. The summed E-state index contributed by atoms with van der Waals surface area (Å²) in [6.45, 7) is -0.415. The molecule has 0 bridgehead atoms. The first-order valence-electron chi connectivity index (χ1n) is 6.76. The zero-order chi connectivity index (χ0) is 16.2. The first kappa shape index (κ1) is 17.9. The van der Waals surface area contributed by atoms with Gasteiger partial charge in [-0.2, -0.15) is 0 Å². The van der Waals surface area contributed by atoms with Crippen LogP contribution in [0.4, 0.5) is 0 Å². The van der Waals surface area contributed by atoms with Gasteiger partial charge in [-0.15, -0.1) is 0 Å². The minimum atomic E-state index is -0.580. The molecule has 6 nitrogen and oxygen atoms in total. The van der Waals surface area contributed by atoms with Crippen LogP contribution in [0.1, 0.15) is 18.4 Å². The highest BCUT2D eigenvalue weighted by atomic mass is 16.7. The van der Waals surface area contributed by atoms with Crippen LogP contribution in [-0.4, -0.2) is 39.2 Å². The minimum Gasteiger partial charge on any atom is -0.428 e. The van der Waals surface area contributed by atoms with Gasteiger partial charge in [0.15, 0.2) is 6.29 Å². The van der Waals surface area contributed by atoms with E-state index in [0.29, 0.717) is 6.42 Å². The van der Waals surface area contributed by atoms with Gasteiger partial charge in [0, 0.05) is 26.7 Å². The van der Waals surface area contributed by atoms with E-state index in [2.05, 4.69) is 0 Å². The summed E-state index contributed by atoms with van der Waals surface area (Å²) in [5.41, 5.74) is 0.876. The second-order valence-corrected chi connectivity index (χ2v) is 4.28. The standard InChI is InChI=1S/C16H20O6/c1-19-16(20-2)11-10-15(18)22-12-21-14(17)9-8-13-6-4-3-5-7-13/h3-9,16H,10-12H2,1-2H3/b9-8+. The summed E-state index contributed by atoms with van der Waals surface area (Å²) in [7, 11) is 2.97. The highest BCUT2D eigenvalue weighted by Gasteiger charge is 2.10. The number of esters is 2. The predicted octanol–water partition coefficient (Wildman–Crippen LogP) is 2.14. The highest BCUT2D eigenvalue weighted by molar-refractivity contribution is 5.87. The Hall–Kier alpha value is -2.18. The number of hydrogen-bond donors (Lipinski definition) is 0. The maximum atomic E-state index is 11.4. The molecule has 0 fully saturated rings. The van der Waals surface area contributed by atoms with E-state index in [4.69, 9.17) is 18.9 Å². The van der Waals surface area contributed by atoms with Gasteiger partial charge in [0.1, 0.15) is 0 Å². The number of rotatable bonds is 9. The fourth-order valence-corrected chi connectivity index (χ4v) is 1.57. The molecule has 0 heterocycles. The molecule has 1 aromatic rings. The Balaban J connectivity index is 2.19. The molecule has 0 amide bonds. The number of carbonyl (C=O) groups is 2. The van der Waals surface area contributed by atoms with Crippen LogP contribution in [0.3, 0.4) is 0 Å². The van der Waals surface area contributed by atoms with Gasteiger partial charge in [-0.05, 0) is 11.6 Å². The molecule has 0 radical (unpaired) electrons. The predicted molar refractivity (Wildman–Crippen MR) is 79.6 cm³/mol. The van der Waals surface area contributed by atoms with Gasteiger partial charge < -0.3 is 18.9 Å². The van der Waals surface area contributed by atoms with Gasteiger partial charge in [-0.3, -0.25) is 4.79 Å². The van der Waals surface area contributed by atoms with E-state index < -0.39 is 25.0 Å². The monoisotopic (exact) mass is 308 g/mol. The van der Waals surface area contributed by atoms with Gasteiger partial charge >= 0.3 is 11.9 Å². The highest BCUT2D eigenvalue weighted by Crippen LogP contribution is 2.04. The SMILES string of the molecule is COC(CCC(=O)OCOC(=O)/C=C/c1ccccc1)OC. The Bertz CT molecular complexity index is 479. The average molecular weight is 308 g/mol. The van der Waals surface area contributed by atoms with E-state index in [1.54, 1.807) is 6.08 Å². The molecule has 0 aromatic heterocycles. The largest absolute Gasteiger partial charge is 0.428 e. The van der Waals surface area contributed by atoms with E-state index in [1.165, 1.54) is 20.3 Å². The Morgan fingerprint density at radius 1 is 1.09 bits per heavy atom. The molecule has 0 spiro atoms. The van der Waals surface area contributed by atoms with Crippen molar-refractivity contribution >= 4 is 18.0 Å². The zero-order valence-electron chi connectivity index (χ0n) is 12.7. The van der Waals surface area contributed by atoms with Crippen molar-refractivity contribution in [2.75, 3.05) is 21.0 Å². The molecule has 0 unspecified atom stereocenters. The van der Waals surface area contributed by atoms with Crippen molar-refractivity contribution in [2.24, 2.45) is 0 Å². The number of carbonyl (C=O) groups excluding carboxylic acids is 2. The van der Waals surface area contributed by atoms with E-state index in [-0.39, 0.29) is 6.42 Å². The Morgan fingerprint density at radius 3 is 2.41 bits per heavy atom. The molecule has 120 valence electrons. The topological polar surface area (TPSA) is 71.1 Å². The molecule has 6 heteroatoms. The van der Waals surface area contributed by atoms with Crippen LogP contribution in [0, 0.1) is 0 Å². The van der Waals surface area contributed by atoms with Crippen molar-refractivity contribution in [2.45, 2.75) is 19.1 Å². The van der Waals surface area contributed by atoms with Crippen molar-refractivity contribution in [3.8, 4) is 0 Å². The summed E-state index contributed by atoms with van der Waals surface area (Å²) in [6, 6.07) is 9.31. The molecule has 0 aliphatic heterocycles. The van der Waals surface area contributed by atoms with Crippen LogP contribution in [0.25, 0.3) is 6.08 Å². The van der Waals surface area contributed by atoms with Crippen LogP contribution in [-0.2, 0) is 28.5 Å². The van der Waals surface area contributed by atoms with Crippen LogP contribution >= 0.6 is 0 Å².